The Bertz CT molecular complexity index is 26.4. The van der Waals surface area contributed by atoms with Crippen LogP contribution in [0.25, 0.3) is 0 Å². The largest absolute Gasteiger partial charge is 0.269 e. The predicted molar refractivity (Wildman–Crippen MR) is 19.5 cm³/mol. The standard InChI is InChI=1S/C3H4.2FH/c1-3-2;;/h1H,2H3;2*1H. The van der Waals surface area contributed by atoms with Crippen LogP contribution in [-0.2, 0) is 0 Å². The smallest absolute Gasteiger partial charge is 0.00297 e. The van der Waals surface area contributed by atoms with Crippen molar-refractivity contribution in [2.24, 2.45) is 0 Å². The predicted octanol–water partition coefficient (Wildman–Crippen LogP) is 0.944. The van der Waals surface area contributed by atoms with Crippen molar-refractivity contribution in [2.45, 2.75) is 6.92 Å². The Morgan fingerprint density at radius 3 is 1.40 bits per heavy atom. The van der Waals surface area contributed by atoms with Crippen molar-refractivity contribution >= 4 is 0 Å². The summed E-state index contributed by atoms with van der Waals surface area (Å²) in [7, 11) is 0. The van der Waals surface area contributed by atoms with E-state index in [-0.39, 0.29) is 9.41 Å². The van der Waals surface area contributed by atoms with Crippen molar-refractivity contribution in [2.75, 3.05) is 0 Å². The third-order valence-corrected chi connectivity index (χ3v) is 0. The molecule has 0 fully saturated rings. The van der Waals surface area contributed by atoms with Gasteiger partial charge in [-0.3, -0.25) is 9.41 Å². The molecule has 0 aromatic carbocycles. The number of terminal acetylenes is 1. The highest BCUT2D eigenvalue weighted by Crippen LogP contribution is 1.21. The van der Waals surface area contributed by atoms with Gasteiger partial charge in [0.05, 0.1) is 0 Å². The minimum atomic E-state index is 0. The Kier molecular flexibility index (Phi) is 582. The second-order valence-corrected chi connectivity index (χ2v) is 0.289. The molecule has 0 rings (SSSR count). The fraction of sp³-hybridized carbons (Fsp3) is 0.333. The molecular weight excluding hydrogens is 74.0 g/mol. The maximum atomic E-state index is 4.60. The van der Waals surface area contributed by atoms with Crippen LogP contribution in [0.5, 0.6) is 0 Å². The zero-order valence-electron chi connectivity index (χ0n) is 2.89. The summed E-state index contributed by atoms with van der Waals surface area (Å²) in [5.74, 6) is 2.25. The Balaban J connectivity index is -0.0000000200. The van der Waals surface area contributed by atoms with E-state index in [4.69, 9.17) is 0 Å². The summed E-state index contributed by atoms with van der Waals surface area (Å²) < 4.78 is 0. The molecule has 0 saturated heterocycles. The van der Waals surface area contributed by atoms with Crippen molar-refractivity contribution in [3.05, 3.63) is 0 Å². The van der Waals surface area contributed by atoms with E-state index in [2.05, 4.69) is 12.3 Å². The third-order valence-electron chi connectivity index (χ3n) is 0. The van der Waals surface area contributed by atoms with E-state index < -0.39 is 0 Å². The molecule has 2 heteroatoms. The lowest BCUT2D eigenvalue weighted by atomic mass is 10.9. The molecule has 0 atom stereocenters. The highest BCUT2D eigenvalue weighted by Gasteiger charge is 1.09. The summed E-state index contributed by atoms with van der Waals surface area (Å²) >= 11 is 0. The first-order valence-corrected chi connectivity index (χ1v) is 0.789. The molecule has 0 radical (unpaired) electrons. The lowest BCUT2D eigenvalue weighted by molar-refractivity contribution is 1.11. The molecule has 0 bridgehead atoms. The minimum absolute atomic E-state index is 0. The van der Waals surface area contributed by atoms with Crippen LogP contribution in [0.4, 0.5) is 9.41 Å². The molecule has 0 aliphatic heterocycles. The van der Waals surface area contributed by atoms with Crippen LogP contribution in [0, 0.1) is 12.3 Å². The molecule has 32 valence electrons. The van der Waals surface area contributed by atoms with Gasteiger partial charge in [0.25, 0.3) is 0 Å². The molecule has 0 spiro atoms. The van der Waals surface area contributed by atoms with Crippen LogP contribution in [-0.4, -0.2) is 0 Å². The van der Waals surface area contributed by atoms with E-state index in [1.165, 1.54) is 0 Å². The summed E-state index contributed by atoms with van der Waals surface area (Å²) in [6, 6.07) is 0. The van der Waals surface area contributed by atoms with Gasteiger partial charge >= 0.3 is 0 Å². The van der Waals surface area contributed by atoms with Crippen LogP contribution >= 0.6 is 0 Å². The van der Waals surface area contributed by atoms with Gasteiger partial charge in [-0.1, -0.05) is 0 Å². The Labute approximate surface area is 29.9 Å². The van der Waals surface area contributed by atoms with E-state index in [1.807, 2.05) is 0 Å². The molecule has 0 heterocycles. The summed E-state index contributed by atoms with van der Waals surface area (Å²) in [5, 5.41) is 0. The molecule has 0 amide bonds. The number of rotatable bonds is 0. The van der Waals surface area contributed by atoms with Gasteiger partial charge in [-0.25, -0.2) is 0 Å². The second kappa shape index (κ2) is 114. The van der Waals surface area contributed by atoms with E-state index in [0.29, 0.717) is 0 Å². The average molecular weight is 80.1 g/mol. The Hall–Kier alpha value is -0.580. The first-order valence-electron chi connectivity index (χ1n) is 0.789. The molecule has 0 aliphatic rings. The first-order chi connectivity index (χ1) is 1.41. The molecule has 5 heavy (non-hydrogen) atoms. The summed E-state index contributed by atoms with van der Waals surface area (Å²) in [6.45, 7) is 1.65. The number of halogens is 2. The topological polar surface area (TPSA) is 0 Å². The van der Waals surface area contributed by atoms with Gasteiger partial charge in [-0.15, -0.1) is 12.3 Å². The quantitative estimate of drug-likeness (QED) is 0.380. The minimum Gasteiger partial charge on any atom is -0.269 e. The van der Waals surface area contributed by atoms with E-state index >= 15 is 0 Å². The van der Waals surface area contributed by atoms with E-state index in [0.717, 1.165) is 0 Å². The fourth-order valence-electron chi connectivity index (χ4n) is 0. The highest BCUT2D eigenvalue weighted by atomic mass is 19.0. The van der Waals surface area contributed by atoms with Crippen LogP contribution in [0.3, 0.4) is 0 Å². The fourth-order valence-corrected chi connectivity index (χ4v) is 0. The SMILES string of the molecule is C#CC.F.F. The maximum Gasteiger partial charge on any atom is -0.00297 e. The van der Waals surface area contributed by atoms with Gasteiger partial charge in [0, 0.05) is 0 Å². The van der Waals surface area contributed by atoms with Crippen LogP contribution in [0.15, 0.2) is 0 Å². The maximum absolute atomic E-state index is 4.60. The molecule has 0 saturated carbocycles. The lowest BCUT2D eigenvalue weighted by Crippen LogP contribution is -1.10. The molecule has 0 aromatic rings. The van der Waals surface area contributed by atoms with Crippen LogP contribution < -0.4 is 0 Å². The van der Waals surface area contributed by atoms with Crippen molar-refractivity contribution in [1.29, 1.82) is 0 Å². The lowest BCUT2D eigenvalue weighted by Gasteiger charge is -1.23. The van der Waals surface area contributed by atoms with Gasteiger partial charge in [0.15, 0.2) is 0 Å². The van der Waals surface area contributed by atoms with Gasteiger partial charge in [-0.2, -0.15) is 0 Å². The number of hydrogen-bond donors (Lipinski definition) is 0. The zero-order chi connectivity index (χ0) is 2.71. The van der Waals surface area contributed by atoms with Gasteiger partial charge in [-0.05, 0) is 6.92 Å². The normalized spacial score (nSPS) is 1.60. The van der Waals surface area contributed by atoms with E-state index in [1.54, 1.807) is 6.92 Å². The van der Waals surface area contributed by atoms with Crippen molar-refractivity contribution in [3.8, 4) is 12.3 Å². The molecule has 0 N–H and O–H groups in total. The summed E-state index contributed by atoms with van der Waals surface area (Å²) in [5.41, 5.74) is 0. The summed E-state index contributed by atoms with van der Waals surface area (Å²) in [4.78, 5) is 0. The Morgan fingerprint density at radius 1 is 1.40 bits per heavy atom. The third kappa shape index (κ3) is 20.5. The monoisotopic (exact) mass is 80.0 g/mol. The molecule has 0 aromatic heterocycles. The Morgan fingerprint density at radius 2 is 1.40 bits per heavy atom. The molecule has 0 nitrogen and oxygen atoms in total. The van der Waals surface area contributed by atoms with Gasteiger partial charge in [0.1, 0.15) is 0 Å². The number of hydrogen-bond acceptors (Lipinski definition) is 0. The van der Waals surface area contributed by atoms with E-state index in [9.17, 15) is 0 Å². The van der Waals surface area contributed by atoms with Gasteiger partial charge in [0.2, 0.25) is 0 Å². The molecular formula is C3H6F2. The van der Waals surface area contributed by atoms with Gasteiger partial charge < -0.3 is 0 Å². The van der Waals surface area contributed by atoms with Crippen molar-refractivity contribution in [3.63, 3.8) is 0 Å². The van der Waals surface area contributed by atoms with Crippen molar-refractivity contribution < 1.29 is 9.41 Å². The van der Waals surface area contributed by atoms with Crippen LogP contribution in [0.1, 0.15) is 6.92 Å². The first kappa shape index (κ1) is 25.6. The average Bonchev–Trinajstić information content (AvgIpc) is 0.918. The molecule has 0 unspecified atom stereocenters. The van der Waals surface area contributed by atoms with Crippen LogP contribution in [0.2, 0.25) is 0 Å². The molecule has 0 aliphatic carbocycles. The van der Waals surface area contributed by atoms with Crippen molar-refractivity contribution in [1.82, 2.24) is 0 Å². The second-order valence-electron chi connectivity index (χ2n) is 0.289. The highest BCUT2D eigenvalue weighted by molar-refractivity contribution is 4.73. The summed E-state index contributed by atoms with van der Waals surface area (Å²) in [6.07, 6.45) is 4.60. The zero-order valence-corrected chi connectivity index (χ0v) is 2.89.